The molecule has 4 fully saturated rings. The van der Waals surface area contributed by atoms with Gasteiger partial charge in [0.05, 0.1) is 0 Å². The Morgan fingerprint density at radius 1 is 0.0952 bits per heavy atom. The first-order valence-electron chi connectivity index (χ1n) is 10.5. The molecular weight excluding hydrogens is 252 g/mol. The van der Waals surface area contributed by atoms with Crippen LogP contribution in [0.3, 0.4) is 0 Å². The first kappa shape index (κ1) is 19.0. The van der Waals surface area contributed by atoms with Crippen molar-refractivity contribution < 1.29 is 0 Å². The van der Waals surface area contributed by atoms with Crippen molar-refractivity contribution in [1.29, 1.82) is 0 Å². The average molecular weight is 295 g/mol. The Morgan fingerprint density at radius 3 is 0.190 bits per heavy atom. The molecule has 0 bridgehead atoms. The normalized spacial score (nSPS) is 24.0. The lowest BCUT2D eigenvalue weighted by Gasteiger charge is -2.05. The fourth-order valence-electron chi connectivity index (χ4n) is 3.26. The van der Waals surface area contributed by atoms with Gasteiger partial charge in [0.1, 0.15) is 0 Å². The summed E-state index contributed by atoms with van der Waals surface area (Å²) in [6, 6.07) is 0. The molecule has 0 nitrogen and oxygen atoms in total. The summed E-state index contributed by atoms with van der Waals surface area (Å²) in [6.45, 7) is 0. The highest BCUT2D eigenvalue weighted by Gasteiger charge is 1.96. The summed E-state index contributed by atoms with van der Waals surface area (Å²) in [5, 5.41) is 0. The molecule has 4 saturated carbocycles. The molecule has 4 rings (SSSR count). The predicted molar refractivity (Wildman–Crippen MR) is 97.0 cm³/mol. The maximum Gasteiger partial charge on any atom is -0.0533 e. The molecule has 0 saturated heterocycles. The van der Waals surface area contributed by atoms with Crippen LogP contribution in [0.5, 0.6) is 0 Å². The van der Waals surface area contributed by atoms with Crippen LogP contribution < -0.4 is 0 Å². The first-order valence-corrected chi connectivity index (χ1v) is 10.5. The second kappa shape index (κ2) is 16.4. The van der Waals surface area contributed by atoms with E-state index in [2.05, 4.69) is 0 Å². The Morgan fingerprint density at radius 2 is 0.143 bits per heavy atom. The van der Waals surface area contributed by atoms with Crippen molar-refractivity contribution in [2.75, 3.05) is 0 Å². The lowest BCUT2D eigenvalue weighted by Crippen LogP contribution is -1.85. The lowest BCUT2D eigenvalue weighted by molar-refractivity contribution is 0.504. The van der Waals surface area contributed by atoms with E-state index >= 15 is 0 Å². The Labute approximate surface area is 135 Å². The molecule has 4 aliphatic carbocycles. The highest BCUT2D eigenvalue weighted by atomic mass is 14.0. The van der Waals surface area contributed by atoms with Gasteiger partial charge < -0.3 is 0 Å². The van der Waals surface area contributed by atoms with Crippen molar-refractivity contribution in [1.82, 2.24) is 0 Å². The molecule has 126 valence electrons. The quantitative estimate of drug-likeness (QED) is 0.422. The number of hydrogen-bond acceptors (Lipinski definition) is 0. The topological polar surface area (TPSA) is 0 Å². The SMILES string of the molecule is C1CCC1.C1CCCC1.C1CCCCC1.C1CCCCC1. The minimum absolute atomic E-state index is 1.50. The zero-order valence-corrected chi connectivity index (χ0v) is 14.8. The molecule has 0 N–H and O–H groups in total. The molecule has 0 atom stereocenters. The van der Waals surface area contributed by atoms with Gasteiger partial charge in [-0.15, -0.1) is 0 Å². The van der Waals surface area contributed by atoms with Gasteiger partial charge in [-0.05, 0) is 0 Å². The minimum Gasteiger partial charge on any atom is -0.0533 e. The summed E-state index contributed by atoms with van der Waals surface area (Å²) >= 11 is 0. The smallest absolute Gasteiger partial charge is 0.0533 e. The Hall–Kier alpha value is 0. The third kappa shape index (κ3) is 14.7. The fourth-order valence-corrected chi connectivity index (χ4v) is 3.26. The van der Waals surface area contributed by atoms with Crippen LogP contribution in [0.2, 0.25) is 0 Å². The van der Waals surface area contributed by atoms with E-state index in [0.29, 0.717) is 0 Å². The van der Waals surface area contributed by atoms with E-state index in [1.807, 2.05) is 0 Å². The molecule has 0 aliphatic heterocycles. The van der Waals surface area contributed by atoms with Crippen LogP contribution in [0, 0.1) is 0 Å². The highest BCUT2D eigenvalue weighted by molar-refractivity contribution is 4.52. The van der Waals surface area contributed by atoms with Gasteiger partial charge in [-0.1, -0.05) is 135 Å². The summed E-state index contributed by atoms with van der Waals surface area (Å²) in [5.41, 5.74) is 0. The first-order chi connectivity index (χ1) is 10.5. The maximum absolute atomic E-state index is 1.50. The second-order valence-electron chi connectivity index (χ2n) is 7.42. The summed E-state index contributed by atoms with van der Waals surface area (Å²) < 4.78 is 0. The molecule has 0 heterocycles. The van der Waals surface area contributed by atoms with Crippen molar-refractivity contribution in [2.24, 2.45) is 0 Å². The van der Waals surface area contributed by atoms with E-state index in [1.165, 1.54) is 135 Å². The van der Waals surface area contributed by atoms with Crippen molar-refractivity contribution >= 4 is 0 Å². The number of rotatable bonds is 0. The lowest BCUT2D eigenvalue weighted by atomic mass is 10.0. The van der Waals surface area contributed by atoms with E-state index in [9.17, 15) is 0 Å². The summed E-state index contributed by atoms with van der Waals surface area (Å²) in [7, 11) is 0. The van der Waals surface area contributed by atoms with Gasteiger partial charge in [-0.2, -0.15) is 0 Å². The van der Waals surface area contributed by atoms with Crippen LogP contribution in [-0.4, -0.2) is 0 Å². The third-order valence-electron chi connectivity index (χ3n) is 5.25. The van der Waals surface area contributed by atoms with Gasteiger partial charge in [-0.25, -0.2) is 0 Å². The molecule has 21 heavy (non-hydrogen) atoms. The predicted octanol–water partition coefficient (Wildman–Crippen LogP) is 8.19. The van der Waals surface area contributed by atoms with Crippen LogP contribution in [0.1, 0.15) is 135 Å². The average Bonchev–Trinajstić information content (AvgIpc) is 3.09. The van der Waals surface area contributed by atoms with Gasteiger partial charge in [0.25, 0.3) is 0 Å². The molecule has 0 heteroatoms. The zero-order chi connectivity index (χ0) is 14.8. The zero-order valence-electron chi connectivity index (χ0n) is 14.8. The summed E-state index contributed by atoms with van der Waals surface area (Å²) in [6.07, 6.45) is 31.5. The van der Waals surface area contributed by atoms with Crippen molar-refractivity contribution in [2.45, 2.75) is 135 Å². The summed E-state index contributed by atoms with van der Waals surface area (Å²) in [4.78, 5) is 0. The van der Waals surface area contributed by atoms with Crippen LogP contribution in [-0.2, 0) is 0 Å². The Balaban J connectivity index is 0.000000142. The van der Waals surface area contributed by atoms with Crippen molar-refractivity contribution in [3.63, 3.8) is 0 Å². The third-order valence-corrected chi connectivity index (χ3v) is 5.25. The van der Waals surface area contributed by atoms with Gasteiger partial charge in [0.15, 0.2) is 0 Å². The van der Waals surface area contributed by atoms with Crippen molar-refractivity contribution in [3.8, 4) is 0 Å². The number of hydrogen-bond donors (Lipinski definition) is 0. The van der Waals surface area contributed by atoms with Crippen LogP contribution in [0.25, 0.3) is 0 Å². The second-order valence-corrected chi connectivity index (χ2v) is 7.42. The molecule has 0 aromatic carbocycles. The standard InChI is InChI=1S/2C6H12.C5H10.C4H8/c2*1-2-4-6-5-3-1;1-2-4-5-3-1;1-2-4-3-1/h2*1-6H2;1-5H2;1-4H2. The summed E-state index contributed by atoms with van der Waals surface area (Å²) in [5.74, 6) is 0. The molecule has 0 radical (unpaired) electrons. The fraction of sp³-hybridized carbons (Fsp3) is 1.00. The largest absolute Gasteiger partial charge is 0.0533 e. The molecule has 0 unspecified atom stereocenters. The maximum atomic E-state index is 1.50. The minimum atomic E-state index is 1.50. The Kier molecular flexibility index (Phi) is 14.8. The van der Waals surface area contributed by atoms with E-state index in [4.69, 9.17) is 0 Å². The molecule has 4 aliphatic rings. The molecule has 0 aromatic heterocycles. The van der Waals surface area contributed by atoms with E-state index in [0.717, 1.165) is 0 Å². The Bertz CT molecular complexity index is 122. The van der Waals surface area contributed by atoms with E-state index in [-0.39, 0.29) is 0 Å². The van der Waals surface area contributed by atoms with Crippen LogP contribution in [0.15, 0.2) is 0 Å². The van der Waals surface area contributed by atoms with E-state index in [1.54, 1.807) is 0 Å². The van der Waals surface area contributed by atoms with Crippen LogP contribution >= 0.6 is 0 Å². The van der Waals surface area contributed by atoms with E-state index < -0.39 is 0 Å². The van der Waals surface area contributed by atoms with Gasteiger partial charge in [0, 0.05) is 0 Å². The monoisotopic (exact) mass is 294 g/mol. The van der Waals surface area contributed by atoms with Gasteiger partial charge in [-0.3, -0.25) is 0 Å². The van der Waals surface area contributed by atoms with Crippen molar-refractivity contribution in [3.05, 3.63) is 0 Å². The molecule has 0 amide bonds. The molecular formula is C21H42. The molecule has 0 aromatic rings. The van der Waals surface area contributed by atoms with Crippen LogP contribution in [0.4, 0.5) is 0 Å². The van der Waals surface area contributed by atoms with Gasteiger partial charge >= 0.3 is 0 Å². The molecule has 0 spiro atoms. The van der Waals surface area contributed by atoms with Gasteiger partial charge in [0.2, 0.25) is 0 Å². The highest BCUT2D eigenvalue weighted by Crippen LogP contribution is 2.16.